The van der Waals surface area contributed by atoms with Crippen LogP contribution in [0.15, 0.2) is 52.9 Å². The molecule has 0 aliphatic heterocycles. The summed E-state index contributed by atoms with van der Waals surface area (Å²) < 4.78 is 0. The number of hydrogen-bond acceptors (Lipinski definition) is 5. The van der Waals surface area contributed by atoms with E-state index in [0.29, 0.717) is 10.9 Å². The lowest BCUT2D eigenvalue weighted by molar-refractivity contribution is -0.115. The second-order valence-electron chi connectivity index (χ2n) is 7.81. The molecule has 2 aromatic heterocycles. The fourth-order valence-corrected chi connectivity index (χ4v) is 5.76. The predicted octanol–water partition coefficient (Wildman–Crippen LogP) is 6.90. The topological polar surface area (TPSA) is 46.1 Å². The molecule has 0 fully saturated rings. The Morgan fingerprint density at radius 1 is 1.00 bits per heavy atom. The van der Waals surface area contributed by atoms with Crippen LogP contribution in [0.2, 0.25) is 0 Å². The Bertz CT molecular complexity index is 1260. The van der Waals surface area contributed by atoms with E-state index in [4.69, 9.17) is 9.97 Å². The standard InChI is InChI=1S/C25H25N3OS2/c1-15-10-17(3)24(18(4)11-15)28(19(5)29)25-26-20(14-31-25)13-30-23-12-16(2)21-8-6-7-9-22(21)27-23/h6-12,14H,13H2,1-5H3. The molecule has 2 heterocycles. The SMILES string of the molecule is CC(=O)N(c1nc(CSc2cc(C)c3ccccc3n2)cs1)c1c(C)cc(C)cc1C. The van der Waals surface area contributed by atoms with E-state index in [-0.39, 0.29) is 5.91 Å². The third kappa shape index (κ3) is 4.50. The molecule has 158 valence electrons. The summed E-state index contributed by atoms with van der Waals surface area (Å²) in [5.41, 5.74) is 7.46. The van der Waals surface area contributed by atoms with Crippen LogP contribution in [0.1, 0.15) is 34.9 Å². The van der Waals surface area contributed by atoms with Crippen molar-refractivity contribution in [3.8, 4) is 0 Å². The van der Waals surface area contributed by atoms with Gasteiger partial charge in [0.1, 0.15) is 0 Å². The van der Waals surface area contributed by atoms with E-state index < -0.39 is 0 Å². The number of amides is 1. The Labute approximate surface area is 191 Å². The number of thioether (sulfide) groups is 1. The van der Waals surface area contributed by atoms with E-state index in [0.717, 1.165) is 33.1 Å². The maximum Gasteiger partial charge on any atom is 0.230 e. The van der Waals surface area contributed by atoms with Crippen molar-refractivity contribution in [1.82, 2.24) is 9.97 Å². The lowest BCUT2D eigenvalue weighted by Gasteiger charge is -2.23. The first-order valence-corrected chi connectivity index (χ1v) is 12.0. The zero-order chi connectivity index (χ0) is 22.1. The molecule has 0 saturated carbocycles. The van der Waals surface area contributed by atoms with Crippen LogP contribution < -0.4 is 4.90 Å². The Morgan fingerprint density at radius 2 is 1.71 bits per heavy atom. The van der Waals surface area contributed by atoms with Crippen molar-refractivity contribution >= 4 is 50.7 Å². The van der Waals surface area contributed by atoms with E-state index in [1.165, 1.54) is 27.8 Å². The minimum absolute atomic E-state index is 0.0320. The number of carbonyl (C=O) groups is 1. The first-order valence-electron chi connectivity index (χ1n) is 10.2. The number of rotatable bonds is 5. The molecule has 0 atom stereocenters. The van der Waals surface area contributed by atoms with Gasteiger partial charge in [0.05, 0.1) is 21.9 Å². The highest BCUT2D eigenvalue weighted by Gasteiger charge is 2.22. The number of benzene rings is 2. The summed E-state index contributed by atoms with van der Waals surface area (Å²) in [6.07, 6.45) is 0. The molecule has 0 unspecified atom stereocenters. The first-order chi connectivity index (χ1) is 14.8. The number of aromatic nitrogens is 2. The first kappa shape index (κ1) is 21.5. The monoisotopic (exact) mass is 447 g/mol. The summed E-state index contributed by atoms with van der Waals surface area (Å²) in [6.45, 7) is 9.87. The molecule has 2 aromatic carbocycles. The largest absolute Gasteiger partial charge is 0.274 e. The van der Waals surface area contributed by atoms with E-state index in [2.05, 4.69) is 38.1 Å². The van der Waals surface area contributed by atoms with Gasteiger partial charge in [-0.1, -0.05) is 47.7 Å². The average molecular weight is 448 g/mol. The average Bonchev–Trinajstić information content (AvgIpc) is 3.17. The molecule has 0 spiro atoms. The predicted molar refractivity (Wildman–Crippen MR) is 132 cm³/mol. The molecule has 4 nitrogen and oxygen atoms in total. The van der Waals surface area contributed by atoms with Crippen LogP contribution in [0.5, 0.6) is 0 Å². The molecule has 0 saturated heterocycles. The lowest BCUT2D eigenvalue weighted by Crippen LogP contribution is -2.24. The van der Waals surface area contributed by atoms with Crippen LogP contribution in [-0.2, 0) is 10.5 Å². The summed E-state index contributed by atoms with van der Waals surface area (Å²) >= 11 is 3.17. The van der Waals surface area contributed by atoms with E-state index in [1.54, 1.807) is 23.6 Å². The minimum atomic E-state index is -0.0320. The molecular formula is C25H25N3OS2. The summed E-state index contributed by atoms with van der Waals surface area (Å²) in [4.78, 5) is 23.9. The van der Waals surface area contributed by atoms with Crippen molar-refractivity contribution in [3.05, 3.63) is 75.8 Å². The highest BCUT2D eigenvalue weighted by Crippen LogP contribution is 2.35. The normalized spacial score (nSPS) is 11.1. The van der Waals surface area contributed by atoms with Gasteiger partial charge in [0.2, 0.25) is 5.91 Å². The van der Waals surface area contributed by atoms with E-state index >= 15 is 0 Å². The van der Waals surface area contributed by atoms with E-state index in [1.807, 2.05) is 37.4 Å². The smallest absolute Gasteiger partial charge is 0.230 e. The minimum Gasteiger partial charge on any atom is -0.274 e. The van der Waals surface area contributed by atoms with Crippen LogP contribution in [0.4, 0.5) is 10.8 Å². The summed E-state index contributed by atoms with van der Waals surface area (Å²) in [6, 6.07) is 14.5. The van der Waals surface area contributed by atoms with Gasteiger partial charge in [-0.15, -0.1) is 11.3 Å². The van der Waals surface area contributed by atoms with Crippen molar-refractivity contribution in [2.45, 2.75) is 45.4 Å². The Balaban J connectivity index is 1.58. The second-order valence-corrected chi connectivity index (χ2v) is 9.64. The maximum atomic E-state index is 12.6. The van der Waals surface area contributed by atoms with Crippen LogP contribution in [0.3, 0.4) is 0 Å². The van der Waals surface area contributed by atoms with Gasteiger partial charge in [-0.3, -0.25) is 9.69 Å². The Kier molecular flexibility index (Phi) is 6.12. The van der Waals surface area contributed by atoms with Gasteiger partial charge in [0, 0.05) is 23.4 Å². The van der Waals surface area contributed by atoms with Crippen LogP contribution in [-0.4, -0.2) is 15.9 Å². The van der Waals surface area contributed by atoms with Crippen LogP contribution in [0.25, 0.3) is 10.9 Å². The number of carbonyl (C=O) groups excluding carboxylic acids is 1. The van der Waals surface area contributed by atoms with Crippen LogP contribution >= 0.6 is 23.1 Å². The molecule has 1 amide bonds. The molecule has 4 aromatic rings. The molecular weight excluding hydrogens is 422 g/mol. The zero-order valence-corrected chi connectivity index (χ0v) is 20.0. The molecule has 0 aliphatic rings. The number of hydrogen-bond donors (Lipinski definition) is 0. The molecule has 31 heavy (non-hydrogen) atoms. The highest BCUT2D eigenvalue weighted by atomic mass is 32.2. The fraction of sp³-hybridized carbons (Fsp3) is 0.240. The summed E-state index contributed by atoms with van der Waals surface area (Å²) in [5, 5.41) is 4.91. The second kappa shape index (κ2) is 8.81. The number of aryl methyl sites for hydroxylation is 4. The number of nitrogens with zero attached hydrogens (tertiary/aromatic N) is 3. The molecule has 0 radical (unpaired) electrons. The molecule has 0 bridgehead atoms. The molecule has 6 heteroatoms. The molecule has 4 rings (SSSR count). The van der Waals surface area contributed by atoms with Crippen LogP contribution in [0, 0.1) is 27.7 Å². The van der Waals surface area contributed by atoms with Crippen molar-refractivity contribution in [2.75, 3.05) is 4.90 Å². The van der Waals surface area contributed by atoms with Gasteiger partial charge in [0.25, 0.3) is 0 Å². The molecule has 0 aliphatic carbocycles. The van der Waals surface area contributed by atoms with Crippen molar-refractivity contribution in [3.63, 3.8) is 0 Å². The summed E-state index contributed by atoms with van der Waals surface area (Å²) in [5.74, 6) is 0.675. The molecule has 0 N–H and O–H groups in total. The van der Waals surface area contributed by atoms with Crippen molar-refractivity contribution in [1.29, 1.82) is 0 Å². The number of fused-ring (bicyclic) bond motifs is 1. The summed E-state index contributed by atoms with van der Waals surface area (Å²) in [7, 11) is 0. The number of pyridine rings is 1. The zero-order valence-electron chi connectivity index (χ0n) is 18.4. The van der Waals surface area contributed by atoms with Gasteiger partial charge < -0.3 is 0 Å². The quantitative estimate of drug-likeness (QED) is 0.312. The number of anilines is 2. The maximum absolute atomic E-state index is 12.6. The third-order valence-electron chi connectivity index (χ3n) is 5.17. The lowest BCUT2D eigenvalue weighted by atomic mass is 10.0. The van der Waals surface area contributed by atoms with Crippen molar-refractivity contribution < 1.29 is 4.79 Å². The van der Waals surface area contributed by atoms with Gasteiger partial charge in [0.15, 0.2) is 5.13 Å². The number of para-hydroxylation sites is 1. The van der Waals surface area contributed by atoms with Gasteiger partial charge in [-0.05, 0) is 56.5 Å². The highest BCUT2D eigenvalue weighted by molar-refractivity contribution is 7.98. The van der Waals surface area contributed by atoms with E-state index in [9.17, 15) is 4.79 Å². The third-order valence-corrected chi connectivity index (χ3v) is 6.99. The van der Waals surface area contributed by atoms with Crippen molar-refractivity contribution in [2.24, 2.45) is 0 Å². The van der Waals surface area contributed by atoms with Gasteiger partial charge in [-0.25, -0.2) is 9.97 Å². The Morgan fingerprint density at radius 3 is 2.42 bits per heavy atom. The van der Waals surface area contributed by atoms with Gasteiger partial charge in [-0.2, -0.15) is 0 Å². The van der Waals surface area contributed by atoms with Gasteiger partial charge >= 0.3 is 0 Å². The number of thiazole rings is 1. The fourth-order valence-electron chi connectivity index (χ4n) is 3.92. The Hall–Kier alpha value is -2.70.